The lowest BCUT2D eigenvalue weighted by atomic mass is 10.1. The molecule has 0 fully saturated rings. The molecule has 1 unspecified atom stereocenters. The number of nitro benzene ring substituents is 1. The van der Waals surface area contributed by atoms with Gasteiger partial charge in [-0.3, -0.25) is 14.9 Å². The summed E-state index contributed by atoms with van der Waals surface area (Å²) in [4.78, 5) is 22.3. The van der Waals surface area contributed by atoms with Crippen LogP contribution in [0.4, 0.5) is 11.4 Å². The molecule has 7 heteroatoms. The van der Waals surface area contributed by atoms with E-state index in [4.69, 9.17) is 10.5 Å². The Labute approximate surface area is 117 Å². The Bertz CT molecular complexity index is 513. The summed E-state index contributed by atoms with van der Waals surface area (Å²) in [6.45, 7) is 3.67. The van der Waals surface area contributed by atoms with Crippen LogP contribution in [0.2, 0.25) is 0 Å². The van der Waals surface area contributed by atoms with Crippen LogP contribution >= 0.6 is 0 Å². The van der Waals surface area contributed by atoms with E-state index in [1.165, 1.54) is 13.2 Å². The van der Waals surface area contributed by atoms with E-state index in [-0.39, 0.29) is 30.7 Å². The van der Waals surface area contributed by atoms with Gasteiger partial charge in [-0.15, -0.1) is 0 Å². The van der Waals surface area contributed by atoms with Crippen LogP contribution < -0.4 is 11.1 Å². The Kier molecular flexibility index (Phi) is 5.60. The Hall–Kier alpha value is -1.99. The number of methoxy groups -OCH3 is 1. The number of hydrogen-bond donors (Lipinski definition) is 2. The molecule has 0 saturated carbocycles. The highest BCUT2D eigenvalue weighted by Gasteiger charge is 2.16. The third-order valence-corrected chi connectivity index (χ3v) is 3.02. The standard InChI is InChI=1S/C13H19N3O4/c1-8-4-9(2)12(16(18)19)6-11(8)15-13(17)5-10(7-14)20-3/h4,6,10H,5,7,14H2,1-3H3,(H,15,17). The van der Waals surface area contributed by atoms with Gasteiger partial charge in [0, 0.05) is 25.3 Å². The molecule has 0 aliphatic heterocycles. The molecule has 0 aliphatic rings. The smallest absolute Gasteiger partial charge is 0.274 e. The third-order valence-electron chi connectivity index (χ3n) is 3.02. The van der Waals surface area contributed by atoms with Crippen molar-refractivity contribution in [1.29, 1.82) is 0 Å². The summed E-state index contributed by atoms with van der Waals surface area (Å²) in [5, 5.41) is 13.6. The number of nitrogens with two attached hydrogens (primary N) is 1. The number of rotatable bonds is 6. The lowest BCUT2D eigenvalue weighted by molar-refractivity contribution is -0.385. The second-order valence-electron chi connectivity index (χ2n) is 4.56. The van der Waals surface area contributed by atoms with E-state index < -0.39 is 4.92 Å². The van der Waals surface area contributed by atoms with Crippen molar-refractivity contribution in [2.75, 3.05) is 19.0 Å². The summed E-state index contributed by atoms with van der Waals surface area (Å²) in [6, 6.07) is 3.04. The quantitative estimate of drug-likeness (QED) is 0.607. The molecule has 0 saturated heterocycles. The summed E-state index contributed by atoms with van der Waals surface area (Å²) in [7, 11) is 1.48. The van der Waals surface area contributed by atoms with Crippen molar-refractivity contribution in [3.05, 3.63) is 33.4 Å². The predicted molar refractivity (Wildman–Crippen MR) is 75.7 cm³/mol. The first-order valence-corrected chi connectivity index (χ1v) is 6.17. The molecule has 0 radical (unpaired) electrons. The Morgan fingerprint density at radius 3 is 2.60 bits per heavy atom. The van der Waals surface area contributed by atoms with Crippen LogP contribution in [0.25, 0.3) is 0 Å². The molecule has 1 rings (SSSR count). The number of carbonyl (C=O) groups is 1. The minimum absolute atomic E-state index is 0.0204. The first-order chi connectivity index (χ1) is 9.38. The maximum atomic E-state index is 11.8. The summed E-state index contributed by atoms with van der Waals surface area (Å²) in [5.74, 6) is -0.288. The normalized spacial score (nSPS) is 12.0. The van der Waals surface area contributed by atoms with E-state index in [2.05, 4.69) is 5.32 Å². The highest BCUT2D eigenvalue weighted by atomic mass is 16.6. The van der Waals surface area contributed by atoms with Gasteiger partial charge in [-0.1, -0.05) is 0 Å². The van der Waals surface area contributed by atoms with E-state index >= 15 is 0 Å². The van der Waals surface area contributed by atoms with Crippen molar-refractivity contribution in [2.24, 2.45) is 5.73 Å². The van der Waals surface area contributed by atoms with Gasteiger partial charge in [-0.05, 0) is 25.5 Å². The van der Waals surface area contributed by atoms with Crippen LogP contribution in [-0.2, 0) is 9.53 Å². The highest BCUT2D eigenvalue weighted by Crippen LogP contribution is 2.26. The third kappa shape index (κ3) is 4.01. The Morgan fingerprint density at radius 2 is 2.10 bits per heavy atom. The lowest BCUT2D eigenvalue weighted by Crippen LogP contribution is -2.28. The summed E-state index contributed by atoms with van der Waals surface area (Å²) >= 11 is 0. The van der Waals surface area contributed by atoms with Crippen LogP contribution in [0.5, 0.6) is 0 Å². The topological polar surface area (TPSA) is 107 Å². The first-order valence-electron chi connectivity index (χ1n) is 6.17. The number of benzene rings is 1. The van der Waals surface area contributed by atoms with E-state index in [9.17, 15) is 14.9 Å². The molecule has 3 N–H and O–H groups in total. The number of amides is 1. The number of nitrogens with one attached hydrogen (secondary N) is 1. The molecule has 0 aliphatic carbocycles. The maximum Gasteiger partial charge on any atom is 0.274 e. The number of nitrogens with zero attached hydrogens (tertiary/aromatic N) is 1. The van der Waals surface area contributed by atoms with Crippen LogP contribution in [-0.4, -0.2) is 30.6 Å². The molecular weight excluding hydrogens is 262 g/mol. The predicted octanol–water partition coefficient (Wildman–Crippen LogP) is 1.51. The van der Waals surface area contributed by atoms with Crippen LogP contribution in [0.1, 0.15) is 17.5 Å². The molecule has 0 heterocycles. The zero-order chi connectivity index (χ0) is 15.3. The van der Waals surface area contributed by atoms with Crippen LogP contribution in [0, 0.1) is 24.0 Å². The van der Waals surface area contributed by atoms with Crippen molar-refractivity contribution in [3.8, 4) is 0 Å². The highest BCUT2D eigenvalue weighted by molar-refractivity contribution is 5.92. The minimum Gasteiger partial charge on any atom is -0.380 e. The van der Waals surface area contributed by atoms with E-state index in [0.29, 0.717) is 11.3 Å². The van der Waals surface area contributed by atoms with Crippen LogP contribution in [0.15, 0.2) is 12.1 Å². The molecule has 0 aromatic heterocycles. The average Bonchev–Trinajstić information content (AvgIpc) is 2.38. The molecule has 20 heavy (non-hydrogen) atoms. The SMILES string of the molecule is COC(CN)CC(=O)Nc1cc([N+](=O)[O-])c(C)cc1C. The molecule has 7 nitrogen and oxygen atoms in total. The summed E-state index contributed by atoms with van der Waals surface area (Å²) in [6.07, 6.45) is -0.260. The Balaban J connectivity index is 2.89. The van der Waals surface area contributed by atoms with Crippen molar-refractivity contribution < 1.29 is 14.5 Å². The van der Waals surface area contributed by atoms with Crippen LogP contribution in [0.3, 0.4) is 0 Å². The maximum absolute atomic E-state index is 11.8. The zero-order valence-electron chi connectivity index (χ0n) is 11.8. The second kappa shape index (κ2) is 6.97. The minimum atomic E-state index is -0.470. The monoisotopic (exact) mass is 281 g/mol. The van der Waals surface area contributed by atoms with Gasteiger partial charge in [0.1, 0.15) is 0 Å². The van der Waals surface area contributed by atoms with Gasteiger partial charge in [0.05, 0.1) is 23.1 Å². The van der Waals surface area contributed by atoms with Gasteiger partial charge in [0.2, 0.25) is 5.91 Å². The number of anilines is 1. The first kappa shape index (κ1) is 16.1. The number of hydrogen-bond acceptors (Lipinski definition) is 5. The van der Waals surface area contributed by atoms with E-state index in [1.807, 2.05) is 0 Å². The Morgan fingerprint density at radius 1 is 1.45 bits per heavy atom. The number of carbonyl (C=O) groups excluding carboxylic acids is 1. The van der Waals surface area contributed by atoms with Gasteiger partial charge in [-0.25, -0.2) is 0 Å². The molecular formula is C13H19N3O4. The number of ether oxygens (including phenoxy) is 1. The fourth-order valence-corrected chi connectivity index (χ4v) is 1.84. The van der Waals surface area contributed by atoms with E-state index in [0.717, 1.165) is 5.56 Å². The van der Waals surface area contributed by atoms with Gasteiger partial charge in [0.25, 0.3) is 5.69 Å². The van der Waals surface area contributed by atoms with Gasteiger partial charge < -0.3 is 15.8 Å². The molecule has 0 bridgehead atoms. The summed E-state index contributed by atoms with van der Waals surface area (Å²) < 4.78 is 5.03. The van der Waals surface area contributed by atoms with E-state index in [1.54, 1.807) is 19.9 Å². The van der Waals surface area contributed by atoms with Crippen molar-refractivity contribution in [2.45, 2.75) is 26.4 Å². The molecule has 110 valence electrons. The fourth-order valence-electron chi connectivity index (χ4n) is 1.84. The van der Waals surface area contributed by atoms with Gasteiger partial charge >= 0.3 is 0 Å². The fraction of sp³-hybridized carbons (Fsp3) is 0.462. The largest absolute Gasteiger partial charge is 0.380 e. The molecule has 1 aromatic carbocycles. The van der Waals surface area contributed by atoms with Gasteiger partial charge in [0.15, 0.2) is 0 Å². The van der Waals surface area contributed by atoms with Crippen molar-refractivity contribution >= 4 is 17.3 Å². The number of aryl methyl sites for hydroxylation is 2. The molecule has 1 amide bonds. The molecule has 1 atom stereocenters. The summed E-state index contributed by atoms with van der Waals surface area (Å²) in [5.41, 5.74) is 7.18. The molecule has 1 aromatic rings. The lowest BCUT2D eigenvalue weighted by Gasteiger charge is -2.14. The number of nitro groups is 1. The zero-order valence-corrected chi connectivity index (χ0v) is 11.8. The van der Waals surface area contributed by atoms with Crippen molar-refractivity contribution in [1.82, 2.24) is 0 Å². The van der Waals surface area contributed by atoms with Gasteiger partial charge in [-0.2, -0.15) is 0 Å². The second-order valence-corrected chi connectivity index (χ2v) is 4.56. The van der Waals surface area contributed by atoms with Crippen molar-refractivity contribution in [3.63, 3.8) is 0 Å². The average molecular weight is 281 g/mol. The molecule has 0 spiro atoms.